The second-order valence-electron chi connectivity index (χ2n) is 1.83. The third-order valence-electron chi connectivity index (χ3n) is 0.845. The van der Waals surface area contributed by atoms with Crippen LogP contribution in [0.2, 0.25) is 0 Å². The van der Waals surface area contributed by atoms with Gasteiger partial charge >= 0.3 is 6.19 Å². The quantitative estimate of drug-likeness (QED) is 0.354. The highest BCUT2D eigenvalue weighted by Gasteiger charge is 1.98. The lowest BCUT2D eigenvalue weighted by molar-refractivity contribution is -0.117. The molecule has 4 nitrogen and oxygen atoms in total. The Hall–Kier alpha value is -1.81. The van der Waals surface area contributed by atoms with E-state index in [1.807, 2.05) is 0 Å². The smallest absolute Gasteiger partial charge is 0.337 e. The Labute approximate surface area is 64.9 Å². The van der Waals surface area contributed by atoms with Crippen LogP contribution in [-0.4, -0.2) is 12.5 Å². The SMILES string of the molecule is C=C(C)C(=O)NCC#[N+]C#N. The maximum Gasteiger partial charge on any atom is 0.578 e. The van der Waals surface area contributed by atoms with E-state index in [0.29, 0.717) is 5.57 Å². The number of nitrogens with one attached hydrogen (secondary N) is 1. The standard InChI is InChI=1S/C7H7N3O/c1-6(2)7(11)10-4-3-9-5-8/h1,4H2,2H3/p+1. The maximum absolute atomic E-state index is 10.7. The Balaban J connectivity index is 3.66. The largest absolute Gasteiger partial charge is 0.578 e. The second kappa shape index (κ2) is 5.01. The summed E-state index contributed by atoms with van der Waals surface area (Å²) >= 11 is 0. The molecule has 0 radical (unpaired) electrons. The van der Waals surface area contributed by atoms with E-state index in [1.54, 1.807) is 6.92 Å². The molecule has 1 amide bonds. The molecule has 4 heteroatoms. The van der Waals surface area contributed by atoms with Crippen LogP contribution in [0.3, 0.4) is 0 Å². The van der Waals surface area contributed by atoms with E-state index in [1.165, 1.54) is 6.19 Å². The molecule has 0 heterocycles. The molecule has 0 aliphatic carbocycles. The monoisotopic (exact) mass is 150 g/mol. The van der Waals surface area contributed by atoms with Gasteiger partial charge < -0.3 is 5.32 Å². The van der Waals surface area contributed by atoms with Crippen LogP contribution in [0, 0.1) is 17.5 Å². The van der Waals surface area contributed by atoms with E-state index in [0.717, 1.165) is 0 Å². The van der Waals surface area contributed by atoms with Crippen molar-refractivity contribution in [3.05, 3.63) is 17.0 Å². The van der Waals surface area contributed by atoms with Gasteiger partial charge in [-0.2, -0.15) is 0 Å². The molecule has 11 heavy (non-hydrogen) atoms. The normalized spacial score (nSPS) is 6.91. The highest BCUT2D eigenvalue weighted by Crippen LogP contribution is 1.83. The first-order valence-corrected chi connectivity index (χ1v) is 2.94. The molecular weight excluding hydrogens is 142 g/mol. The summed E-state index contributed by atoms with van der Waals surface area (Å²) in [6.45, 7) is 5.15. The first kappa shape index (κ1) is 9.19. The van der Waals surface area contributed by atoms with E-state index in [4.69, 9.17) is 5.26 Å². The topological polar surface area (TPSA) is 57.2 Å². The van der Waals surface area contributed by atoms with Crippen molar-refractivity contribution in [3.8, 4) is 12.3 Å². The molecule has 0 atom stereocenters. The number of hydrogen-bond donors (Lipinski definition) is 1. The zero-order chi connectivity index (χ0) is 8.69. The van der Waals surface area contributed by atoms with Gasteiger partial charge in [0, 0.05) is 5.57 Å². The molecule has 0 unspecified atom stereocenters. The van der Waals surface area contributed by atoms with Crippen molar-refractivity contribution in [2.75, 3.05) is 6.54 Å². The number of carbonyl (C=O) groups is 1. The van der Waals surface area contributed by atoms with Crippen molar-refractivity contribution >= 4 is 5.91 Å². The molecule has 0 bridgehead atoms. The van der Waals surface area contributed by atoms with Crippen molar-refractivity contribution in [3.63, 3.8) is 0 Å². The van der Waals surface area contributed by atoms with Crippen molar-refractivity contribution in [2.45, 2.75) is 6.92 Å². The van der Waals surface area contributed by atoms with Crippen LogP contribution in [-0.2, 0) is 4.79 Å². The van der Waals surface area contributed by atoms with Crippen molar-refractivity contribution in [1.82, 2.24) is 5.32 Å². The van der Waals surface area contributed by atoms with Gasteiger partial charge in [0.05, 0.1) is 0 Å². The van der Waals surface area contributed by atoms with Crippen LogP contribution in [0.5, 0.6) is 0 Å². The summed E-state index contributed by atoms with van der Waals surface area (Å²) in [6, 6.07) is 2.31. The van der Waals surface area contributed by atoms with E-state index >= 15 is 0 Å². The molecule has 0 aromatic carbocycles. The third-order valence-corrected chi connectivity index (χ3v) is 0.845. The second-order valence-corrected chi connectivity index (χ2v) is 1.83. The van der Waals surface area contributed by atoms with Crippen molar-refractivity contribution < 1.29 is 4.79 Å². The molecule has 0 rings (SSSR count). The first-order valence-electron chi connectivity index (χ1n) is 2.94. The van der Waals surface area contributed by atoms with Crippen LogP contribution in [0.25, 0.3) is 4.85 Å². The minimum absolute atomic E-state index is 0.138. The molecule has 0 aliphatic heterocycles. The van der Waals surface area contributed by atoms with Crippen LogP contribution in [0.15, 0.2) is 12.2 Å². The number of rotatable bonds is 2. The number of amides is 1. The van der Waals surface area contributed by atoms with Gasteiger partial charge in [-0.15, -0.1) is 0 Å². The Kier molecular flexibility index (Phi) is 4.19. The summed E-state index contributed by atoms with van der Waals surface area (Å²) in [6.07, 6.45) is 1.51. The van der Waals surface area contributed by atoms with E-state index in [-0.39, 0.29) is 12.5 Å². The average molecular weight is 150 g/mol. The fraction of sp³-hybridized carbons (Fsp3) is 0.286. The number of nitriles is 1. The van der Waals surface area contributed by atoms with Gasteiger partial charge in [-0.1, -0.05) is 11.4 Å². The predicted molar refractivity (Wildman–Crippen MR) is 40.7 cm³/mol. The summed E-state index contributed by atoms with van der Waals surface area (Å²) in [5, 5.41) is 10.4. The Morgan fingerprint density at radius 2 is 2.45 bits per heavy atom. The van der Waals surface area contributed by atoms with Gasteiger partial charge in [-0.25, -0.2) is 0 Å². The van der Waals surface area contributed by atoms with E-state index in [9.17, 15) is 4.79 Å². The van der Waals surface area contributed by atoms with Crippen LogP contribution in [0.4, 0.5) is 0 Å². The molecule has 0 spiro atoms. The molecule has 0 aromatic rings. The third kappa shape index (κ3) is 4.68. The highest BCUT2D eigenvalue weighted by molar-refractivity contribution is 5.92. The fourth-order valence-electron chi connectivity index (χ4n) is 0.346. The minimum atomic E-state index is -0.259. The molecule has 1 N–H and O–H groups in total. The number of nitrogens with zero attached hydrogens (tertiary/aromatic N) is 2. The van der Waals surface area contributed by atoms with Gasteiger partial charge in [0.2, 0.25) is 5.91 Å². The van der Waals surface area contributed by atoms with Gasteiger partial charge in [0.15, 0.2) is 11.3 Å². The lowest BCUT2D eigenvalue weighted by Gasteiger charge is -1.95. The zero-order valence-corrected chi connectivity index (χ0v) is 6.22. The maximum atomic E-state index is 10.7. The zero-order valence-electron chi connectivity index (χ0n) is 6.22. The highest BCUT2D eigenvalue weighted by atomic mass is 16.1. The Bertz CT molecular complexity index is 264. The van der Waals surface area contributed by atoms with Gasteiger partial charge in [-0.05, 0) is 6.92 Å². The van der Waals surface area contributed by atoms with Gasteiger partial charge in [0.1, 0.15) is 6.54 Å². The molecule has 0 saturated heterocycles. The van der Waals surface area contributed by atoms with Crippen LogP contribution in [0.1, 0.15) is 6.92 Å². The Morgan fingerprint density at radius 1 is 1.82 bits per heavy atom. The van der Waals surface area contributed by atoms with Crippen molar-refractivity contribution in [1.29, 1.82) is 5.26 Å². The summed E-state index contributed by atoms with van der Waals surface area (Å²) in [5.41, 5.74) is 0.420. The molecule has 0 saturated carbocycles. The summed E-state index contributed by atoms with van der Waals surface area (Å²) in [7, 11) is 0. The molecule has 0 fully saturated rings. The first-order chi connectivity index (χ1) is 5.18. The van der Waals surface area contributed by atoms with E-state index in [2.05, 4.69) is 22.8 Å². The summed E-state index contributed by atoms with van der Waals surface area (Å²) in [4.78, 5) is 13.8. The summed E-state index contributed by atoms with van der Waals surface area (Å²) < 4.78 is 0. The van der Waals surface area contributed by atoms with Crippen LogP contribution < -0.4 is 5.32 Å². The molecular formula is C7H8N3O+. The van der Waals surface area contributed by atoms with Gasteiger partial charge in [-0.3, -0.25) is 4.79 Å². The lowest BCUT2D eigenvalue weighted by Crippen LogP contribution is -2.23. The van der Waals surface area contributed by atoms with Crippen molar-refractivity contribution in [2.24, 2.45) is 0 Å². The van der Waals surface area contributed by atoms with Gasteiger partial charge in [0.25, 0.3) is 0 Å². The molecule has 0 aromatic heterocycles. The average Bonchev–Trinajstić information content (AvgIpc) is 1.97. The van der Waals surface area contributed by atoms with Crippen LogP contribution >= 0.6 is 0 Å². The van der Waals surface area contributed by atoms with E-state index < -0.39 is 0 Å². The minimum Gasteiger partial charge on any atom is -0.337 e. The predicted octanol–water partition coefficient (Wildman–Crippen LogP) is 0.493. The molecule has 0 aliphatic rings. The number of carbonyl (C=O) groups excluding carboxylic acids is 1. The summed E-state index contributed by atoms with van der Waals surface area (Å²) in [5.74, 6) is -0.259. The fourth-order valence-corrected chi connectivity index (χ4v) is 0.346. The molecule has 56 valence electrons. The lowest BCUT2D eigenvalue weighted by atomic mass is 10.3. The number of hydrogen-bond acceptors (Lipinski definition) is 2. The Morgan fingerprint density at radius 3 is 2.91 bits per heavy atom.